The third-order valence-corrected chi connectivity index (χ3v) is 4.09. The van der Waals surface area contributed by atoms with Gasteiger partial charge in [0.05, 0.1) is 24.0 Å². The number of carbonyl (C=O) groups excluding carboxylic acids is 3. The Hall–Kier alpha value is -3.82. The smallest absolute Gasteiger partial charge is 0.424 e. The zero-order chi connectivity index (χ0) is 25.8. The number of ether oxygens (including phenoxy) is 3. The average molecular weight is 476 g/mol. The number of hydrogen-bond acceptors (Lipinski definition) is 8. The van der Waals surface area contributed by atoms with E-state index >= 15 is 4.39 Å². The van der Waals surface area contributed by atoms with Gasteiger partial charge in [-0.3, -0.25) is 0 Å². The van der Waals surface area contributed by atoms with Gasteiger partial charge in [0.25, 0.3) is 0 Å². The summed E-state index contributed by atoms with van der Waals surface area (Å²) in [5.74, 6) is -2.03. The van der Waals surface area contributed by atoms with Crippen molar-refractivity contribution in [2.75, 3.05) is 23.1 Å². The van der Waals surface area contributed by atoms with E-state index < -0.39 is 40.9 Å². The van der Waals surface area contributed by atoms with E-state index in [1.165, 1.54) is 0 Å². The average Bonchev–Trinajstić information content (AvgIpc) is 2.70. The van der Waals surface area contributed by atoms with Crippen LogP contribution in [0.2, 0.25) is 0 Å². The number of nitrogens with zero attached hydrogens (tertiary/aromatic N) is 1. The molecular weight excluding hydrogens is 445 g/mol. The molecule has 184 valence electrons. The molecule has 34 heavy (non-hydrogen) atoms. The second-order valence-corrected chi connectivity index (χ2v) is 9.33. The van der Waals surface area contributed by atoms with Crippen LogP contribution in [-0.2, 0) is 14.2 Å². The zero-order valence-corrected chi connectivity index (χ0v) is 20.3. The van der Waals surface area contributed by atoms with Crippen molar-refractivity contribution in [2.24, 2.45) is 0 Å². The summed E-state index contributed by atoms with van der Waals surface area (Å²) in [6.45, 7) is 9.50. The van der Waals surface area contributed by atoms with Gasteiger partial charge in [-0.05, 0) is 59.7 Å². The standard InChI is InChI=1S/C24H30FN3O6/c1-23(2,3)33-21(30)28(22(31)34-24(4,5)6)19-16(26)13-15(20(29)32-7)18(17(19)25)27-14-11-9-8-10-12-14/h8-13,27H,26H2,1-7H3. The molecular formula is C24H30FN3O6. The molecule has 0 saturated carbocycles. The largest absolute Gasteiger partial charge is 0.465 e. The summed E-state index contributed by atoms with van der Waals surface area (Å²) >= 11 is 0. The quantitative estimate of drug-likeness (QED) is 0.332. The van der Waals surface area contributed by atoms with Gasteiger partial charge in [0.15, 0.2) is 5.82 Å². The first-order chi connectivity index (χ1) is 15.6. The first-order valence-corrected chi connectivity index (χ1v) is 10.4. The summed E-state index contributed by atoms with van der Waals surface area (Å²) in [5, 5.41) is 2.79. The lowest BCUT2D eigenvalue weighted by molar-refractivity contribution is 0.0428. The number of esters is 1. The number of carbonyl (C=O) groups is 3. The van der Waals surface area contributed by atoms with Gasteiger partial charge in [-0.15, -0.1) is 0 Å². The topological polar surface area (TPSA) is 120 Å². The maximum absolute atomic E-state index is 16.0. The van der Waals surface area contributed by atoms with Gasteiger partial charge in [-0.25, -0.2) is 18.8 Å². The molecule has 0 saturated heterocycles. The number of rotatable bonds is 4. The van der Waals surface area contributed by atoms with E-state index in [2.05, 4.69) is 5.32 Å². The molecule has 2 aromatic rings. The predicted molar refractivity (Wildman–Crippen MR) is 127 cm³/mol. The molecule has 10 heteroatoms. The van der Waals surface area contributed by atoms with Gasteiger partial charge < -0.3 is 25.3 Å². The van der Waals surface area contributed by atoms with Crippen LogP contribution in [-0.4, -0.2) is 36.5 Å². The number of hydrogen-bond donors (Lipinski definition) is 2. The number of anilines is 4. The molecule has 3 N–H and O–H groups in total. The highest BCUT2D eigenvalue weighted by atomic mass is 19.1. The number of imide groups is 1. The fourth-order valence-corrected chi connectivity index (χ4v) is 2.82. The third-order valence-electron chi connectivity index (χ3n) is 4.09. The lowest BCUT2D eigenvalue weighted by Gasteiger charge is -2.30. The Morgan fingerprint density at radius 3 is 1.88 bits per heavy atom. The number of nitrogens with one attached hydrogen (secondary N) is 1. The van der Waals surface area contributed by atoms with Crippen molar-refractivity contribution in [3.05, 3.63) is 47.8 Å². The van der Waals surface area contributed by atoms with Gasteiger partial charge >= 0.3 is 18.2 Å². The first-order valence-electron chi connectivity index (χ1n) is 10.4. The SMILES string of the molecule is COC(=O)c1cc(N)c(N(C(=O)OC(C)(C)C)C(=O)OC(C)(C)C)c(F)c1Nc1ccccc1. The van der Waals surface area contributed by atoms with Crippen molar-refractivity contribution in [3.8, 4) is 0 Å². The number of para-hydroxylation sites is 1. The Morgan fingerprint density at radius 2 is 1.44 bits per heavy atom. The van der Waals surface area contributed by atoms with E-state index in [0.29, 0.717) is 10.6 Å². The molecule has 2 aromatic carbocycles. The molecule has 0 spiro atoms. The van der Waals surface area contributed by atoms with E-state index in [-0.39, 0.29) is 16.9 Å². The Balaban J connectivity index is 2.76. The van der Waals surface area contributed by atoms with Crippen LogP contribution in [0.4, 0.5) is 36.7 Å². The minimum absolute atomic E-state index is 0.238. The van der Waals surface area contributed by atoms with Gasteiger partial charge in [-0.2, -0.15) is 4.90 Å². The lowest BCUT2D eigenvalue weighted by atomic mass is 10.1. The molecule has 2 amide bonds. The van der Waals surface area contributed by atoms with Crippen LogP contribution in [0.3, 0.4) is 0 Å². The molecule has 0 bridgehead atoms. The predicted octanol–water partition coefficient (Wildman–Crippen LogP) is 5.61. The molecule has 0 unspecified atom stereocenters. The molecule has 0 aliphatic heterocycles. The van der Waals surface area contributed by atoms with Gasteiger partial charge in [0.2, 0.25) is 0 Å². The summed E-state index contributed by atoms with van der Waals surface area (Å²) in [6, 6.07) is 9.53. The number of nitrogens with two attached hydrogens (primary N) is 1. The monoisotopic (exact) mass is 475 g/mol. The van der Waals surface area contributed by atoms with Gasteiger partial charge in [0, 0.05) is 5.69 Å². The second kappa shape index (κ2) is 9.98. The van der Waals surface area contributed by atoms with E-state index in [1.54, 1.807) is 71.9 Å². The Kier molecular flexibility index (Phi) is 7.76. The van der Waals surface area contributed by atoms with Crippen LogP contribution in [0.15, 0.2) is 36.4 Å². The Bertz CT molecular complexity index is 1050. The van der Waals surface area contributed by atoms with Gasteiger partial charge in [0.1, 0.15) is 16.9 Å². The van der Waals surface area contributed by atoms with Crippen molar-refractivity contribution in [2.45, 2.75) is 52.7 Å². The van der Waals surface area contributed by atoms with Crippen LogP contribution in [0.1, 0.15) is 51.9 Å². The number of benzene rings is 2. The summed E-state index contributed by atoms with van der Waals surface area (Å²) in [4.78, 5) is 38.8. The van der Waals surface area contributed by atoms with Crippen molar-refractivity contribution < 1.29 is 33.0 Å². The third kappa shape index (κ3) is 6.60. The van der Waals surface area contributed by atoms with Crippen molar-refractivity contribution >= 4 is 40.9 Å². The fraction of sp³-hybridized carbons (Fsp3) is 0.375. The molecule has 0 heterocycles. The highest BCUT2D eigenvalue weighted by Gasteiger charge is 2.37. The highest BCUT2D eigenvalue weighted by molar-refractivity contribution is 6.13. The maximum atomic E-state index is 16.0. The van der Waals surface area contributed by atoms with Crippen LogP contribution in [0.25, 0.3) is 0 Å². The molecule has 0 aromatic heterocycles. The van der Waals surface area contributed by atoms with Crippen molar-refractivity contribution in [3.63, 3.8) is 0 Å². The zero-order valence-electron chi connectivity index (χ0n) is 20.3. The molecule has 2 rings (SSSR count). The summed E-state index contributed by atoms with van der Waals surface area (Å²) in [7, 11) is 1.13. The van der Waals surface area contributed by atoms with Crippen LogP contribution >= 0.6 is 0 Å². The Morgan fingerprint density at radius 1 is 0.941 bits per heavy atom. The summed E-state index contributed by atoms with van der Waals surface area (Å²) in [5.41, 5.74) is 2.86. The molecule has 9 nitrogen and oxygen atoms in total. The minimum atomic E-state index is -1.20. The normalized spacial score (nSPS) is 11.4. The van der Waals surface area contributed by atoms with E-state index in [1.807, 2.05) is 0 Å². The number of amides is 2. The second-order valence-electron chi connectivity index (χ2n) is 9.33. The maximum Gasteiger partial charge on any atom is 0.424 e. The molecule has 0 aliphatic carbocycles. The van der Waals surface area contributed by atoms with E-state index in [4.69, 9.17) is 19.9 Å². The van der Waals surface area contributed by atoms with E-state index in [9.17, 15) is 14.4 Å². The fourth-order valence-electron chi connectivity index (χ4n) is 2.82. The lowest BCUT2D eigenvalue weighted by Crippen LogP contribution is -2.44. The number of nitrogen functional groups attached to an aromatic ring is 1. The number of halogens is 1. The van der Waals surface area contributed by atoms with Crippen LogP contribution < -0.4 is 16.0 Å². The molecule has 0 atom stereocenters. The molecule has 0 aliphatic rings. The summed E-state index contributed by atoms with van der Waals surface area (Å²) < 4.78 is 31.4. The van der Waals surface area contributed by atoms with Crippen LogP contribution in [0.5, 0.6) is 0 Å². The van der Waals surface area contributed by atoms with Gasteiger partial charge in [-0.1, -0.05) is 18.2 Å². The first kappa shape index (κ1) is 26.4. The highest BCUT2D eigenvalue weighted by Crippen LogP contribution is 2.38. The summed E-state index contributed by atoms with van der Waals surface area (Å²) in [6.07, 6.45) is -2.41. The molecule has 0 fully saturated rings. The van der Waals surface area contributed by atoms with Crippen molar-refractivity contribution in [1.29, 1.82) is 0 Å². The Labute approximate surface area is 198 Å². The van der Waals surface area contributed by atoms with E-state index in [0.717, 1.165) is 13.2 Å². The van der Waals surface area contributed by atoms with Crippen molar-refractivity contribution in [1.82, 2.24) is 0 Å². The minimum Gasteiger partial charge on any atom is -0.465 e. The molecule has 0 radical (unpaired) electrons. The van der Waals surface area contributed by atoms with Crippen LogP contribution in [0, 0.1) is 5.82 Å². The number of methoxy groups -OCH3 is 1.